The molecule has 1 aromatic carbocycles. The predicted octanol–water partition coefficient (Wildman–Crippen LogP) is 2.42. The number of benzene rings is 1. The van der Waals surface area contributed by atoms with Crippen LogP contribution in [0.4, 0.5) is 4.39 Å². The van der Waals surface area contributed by atoms with Crippen LogP contribution in [0.5, 0.6) is 5.75 Å². The quantitative estimate of drug-likeness (QED) is 0.890. The van der Waals surface area contributed by atoms with Crippen LogP contribution in [0.15, 0.2) is 42.6 Å². The lowest BCUT2D eigenvalue weighted by Crippen LogP contribution is -2.28. The zero-order chi connectivity index (χ0) is 13.8. The molecule has 0 fully saturated rings. The Morgan fingerprint density at radius 2 is 2.11 bits per heavy atom. The zero-order valence-electron chi connectivity index (χ0n) is 10.3. The van der Waals surface area contributed by atoms with Crippen molar-refractivity contribution in [1.29, 1.82) is 0 Å². The van der Waals surface area contributed by atoms with Gasteiger partial charge in [-0.3, -0.25) is 9.78 Å². The molecule has 0 saturated carbocycles. The second-order valence-corrected chi connectivity index (χ2v) is 4.08. The molecular weight excluding hydrogens is 247 g/mol. The number of nitrogens with one attached hydrogen (secondary N) is 1. The van der Waals surface area contributed by atoms with E-state index in [0.717, 1.165) is 6.07 Å². The molecule has 1 unspecified atom stereocenters. The smallest absolute Gasteiger partial charge is 0.258 e. The Bertz CT molecular complexity index is 567. The normalized spacial score (nSPS) is 11.9. The average molecular weight is 260 g/mol. The van der Waals surface area contributed by atoms with Crippen LogP contribution >= 0.6 is 0 Å². The van der Waals surface area contributed by atoms with E-state index >= 15 is 0 Å². The molecule has 0 aliphatic rings. The van der Waals surface area contributed by atoms with Crippen molar-refractivity contribution in [1.82, 2.24) is 10.3 Å². The third-order valence-corrected chi connectivity index (χ3v) is 2.70. The van der Waals surface area contributed by atoms with Crippen LogP contribution in [0.3, 0.4) is 0 Å². The fourth-order valence-electron chi connectivity index (χ4n) is 1.71. The highest BCUT2D eigenvalue weighted by atomic mass is 19.1. The molecule has 5 heteroatoms. The first-order valence-corrected chi connectivity index (χ1v) is 5.79. The molecule has 0 saturated heterocycles. The van der Waals surface area contributed by atoms with E-state index < -0.39 is 11.7 Å². The van der Waals surface area contributed by atoms with Crippen molar-refractivity contribution in [3.63, 3.8) is 0 Å². The number of aromatic hydroxyl groups is 1. The highest BCUT2D eigenvalue weighted by Crippen LogP contribution is 2.20. The van der Waals surface area contributed by atoms with Crippen LogP contribution in [0, 0.1) is 5.82 Å². The van der Waals surface area contributed by atoms with Crippen LogP contribution in [-0.4, -0.2) is 16.0 Å². The Hall–Kier alpha value is -2.43. The second-order valence-electron chi connectivity index (χ2n) is 4.08. The second kappa shape index (κ2) is 5.48. The molecule has 1 aromatic heterocycles. The van der Waals surface area contributed by atoms with Gasteiger partial charge in [0.1, 0.15) is 17.1 Å². The lowest BCUT2D eigenvalue weighted by Gasteiger charge is -2.14. The van der Waals surface area contributed by atoms with E-state index in [4.69, 9.17) is 0 Å². The zero-order valence-corrected chi connectivity index (χ0v) is 10.3. The number of carbonyl (C=O) groups excluding carboxylic acids is 1. The van der Waals surface area contributed by atoms with Gasteiger partial charge in [-0.15, -0.1) is 0 Å². The maximum absolute atomic E-state index is 13.5. The minimum absolute atomic E-state index is 0.356. The largest absolute Gasteiger partial charge is 0.507 e. The fourth-order valence-corrected chi connectivity index (χ4v) is 1.71. The highest BCUT2D eigenvalue weighted by molar-refractivity contribution is 5.97. The summed E-state index contributed by atoms with van der Waals surface area (Å²) in [6, 6.07) is 8.67. The number of hydrogen-bond donors (Lipinski definition) is 2. The third kappa shape index (κ3) is 2.88. The number of rotatable bonds is 3. The summed E-state index contributed by atoms with van der Waals surface area (Å²) in [5.74, 6) is -1.81. The van der Waals surface area contributed by atoms with E-state index in [1.165, 1.54) is 12.1 Å². The molecule has 19 heavy (non-hydrogen) atoms. The van der Waals surface area contributed by atoms with Gasteiger partial charge in [0.2, 0.25) is 0 Å². The van der Waals surface area contributed by atoms with E-state index in [1.54, 1.807) is 31.3 Å². The van der Waals surface area contributed by atoms with Gasteiger partial charge >= 0.3 is 0 Å². The van der Waals surface area contributed by atoms with E-state index in [1.807, 2.05) is 0 Å². The first-order valence-electron chi connectivity index (χ1n) is 5.79. The minimum Gasteiger partial charge on any atom is -0.507 e. The summed E-state index contributed by atoms with van der Waals surface area (Å²) in [5.41, 5.74) is 0.303. The molecule has 4 nitrogen and oxygen atoms in total. The number of pyridine rings is 1. The van der Waals surface area contributed by atoms with Gasteiger partial charge < -0.3 is 10.4 Å². The number of carbonyl (C=O) groups is 1. The molecule has 1 heterocycles. The van der Waals surface area contributed by atoms with Crippen molar-refractivity contribution >= 4 is 5.91 Å². The van der Waals surface area contributed by atoms with Gasteiger partial charge in [0.15, 0.2) is 0 Å². The van der Waals surface area contributed by atoms with Gasteiger partial charge in [-0.2, -0.15) is 0 Å². The Labute approximate surface area is 109 Å². The SMILES string of the molecule is CC(NC(=O)c1c(O)cccc1F)c1ccccn1. The maximum Gasteiger partial charge on any atom is 0.258 e. The molecule has 2 aromatic rings. The van der Waals surface area contributed by atoms with Crippen molar-refractivity contribution in [3.05, 3.63) is 59.7 Å². The van der Waals surface area contributed by atoms with E-state index in [0.29, 0.717) is 5.69 Å². The van der Waals surface area contributed by atoms with E-state index in [9.17, 15) is 14.3 Å². The number of phenolic OH excluding ortho intramolecular Hbond substituents is 1. The Morgan fingerprint density at radius 1 is 1.32 bits per heavy atom. The summed E-state index contributed by atoms with van der Waals surface area (Å²) in [5, 5.41) is 12.1. The summed E-state index contributed by atoms with van der Waals surface area (Å²) in [7, 11) is 0. The van der Waals surface area contributed by atoms with E-state index in [2.05, 4.69) is 10.3 Å². The minimum atomic E-state index is -0.759. The maximum atomic E-state index is 13.5. The molecule has 0 bridgehead atoms. The predicted molar refractivity (Wildman–Crippen MR) is 68.2 cm³/mol. The Morgan fingerprint density at radius 3 is 2.74 bits per heavy atom. The molecule has 2 rings (SSSR count). The molecule has 0 aliphatic carbocycles. The van der Waals surface area contributed by atoms with E-state index in [-0.39, 0.29) is 17.4 Å². The highest BCUT2D eigenvalue weighted by Gasteiger charge is 2.19. The average Bonchev–Trinajstić information content (AvgIpc) is 2.39. The van der Waals surface area contributed by atoms with Crippen molar-refractivity contribution in [2.75, 3.05) is 0 Å². The lowest BCUT2D eigenvalue weighted by molar-refractivity contribution is 0.0932. The first-order chi connectivity index (χ1) is 9.09. The summed E-state index contributed by atoms with van der Waals surface area (Å²) in [6.07, 6.45) is 1.61. The number of aromatic nitrogens is 1. The van der Waals surface area contributed by atoms with Crippen LogP contribution in [0.1, 0.15) is 29.0 Å². The molecule has 2 N–H and O–H groups in total. The van der Waals surface area contributed by atoms with Crippen LogP contribution < -0.4 is 5.32 Å². The number of phenols is 1. The van der Waals surface area contributed by atoms with Gasteiger partial charge in [0.05, 0.1) is 11.7 Å². The summed E-state index contributed by atoms with van der Waals surface area (Å²) >= 11 is 0. The molecular formula is C14H13FN2O2. The van der Waals surface area contributed by atoms with Gasteiger partial charge in [-0.1, -0.05) is 12.1 Å². The lowest BCUT2D eigenvalue weighted by atomic mass is 10.1. The van der Waals surface area contributed by atoms with Crippen LogP contribution in [0.25, 0.3) is 0 Å². The van der Waals surface area contributed by atoms with Crippen LogP contribution in [-0.2, 0) is 0 Å². The van der Waals surface area contributed by atoms with Crippen LogP contribution in [0.2, 0.25) is 0 Å². The topological polar surface area (TPSA) is 62.2 Å². The summed E-state index contributed by atoms with van der Waals surface area (Å²) < 4.78 is 13.5. The molecule has 1 amide bonds. The molecule has 0 radical (unpaired) electrons. The van der Waals surface area contributed by atoms with Crippen molar-refractivity contribution < 1.29 is 14.3 Å². The van der Waals surface area contributed by atoms with Crippen molar-refractivity contribution in [2.24, 2.45) is 0 Å². The van der Waals surface area contributed by atoms with Gasteiger partial charge in [-0.25, -0.2) is 4.39 Å². The monoisotopic (exact) mass is 260 g/mol. The van der Waals surface area contributed by atoms with Gasteiger partial charge in [-0.05, 0) is 31.2 Å². The number of halogens is 1. The van der Waals surface area contributed by atoms with Gasteiger partial charge in [0.25, 0.3) is 5.91 Å². The summed E-state index contributed by atoms with van der Waals surface area (Å²) in [6.45, 7) is 1.73. The molecule has 0 aliphatic heterocycles. The molecule has 0 spiro atoms. The number of hydrogen-bond acceptors (Lipinski definition) is 3. The molecule has 98 valence electrons. The molecule has 1 atom stereocenters. The van der Waals surface area contributed by atoms with Crippen molar-refractivity contribution in [3.8, 4) is 5.75 Å². The Kier molecular flexibility index (Phi) is 3.75. The number of nitrogens with zero attached hydrogens (tertiary/aromatic N) is 1. The standard InChI is InChI=1S/C14H13FN2O2/c1-9(11-6-2-3-8-16-11)17-14(19)13-10(15)5-4-7-12(13)18/h2-9,18H,1H3,(H,17,19). The van der Waals surface area contributed by atoms with Crippen molar-refractivity contribution in [2.45, 2.75) is 13.0 Å². The third-order valence-electron chi connectivity index (χ3n) is 2.70. The number of amides is 1. The summed E-state index contributed by atoms with van der Waals surface area (Å²) in [4.78, 5) is 16.0. The van der Waals surface area contributed by atoms with Gasteiger partial charge in [0, 0.05) is 6.20 Å². The first kappa shape index (κ1) is 13.0. The Balaban J connectivity index is 2.18. The fraction of sp³-hybridized carbons (Fsp3) is 0.143.